The first kappa shape index (κ1) is 19.2. The Kier molecular flexibility index (Phi) is 5.91. The van der Waals surface area contributed by atoms with Crippen molar-refractivity contribution in [2.45, 2.75) is 70.4 Å². The van der Waals surface area contributed by atoms with Crippen molar-refractivity contribution in [3.05, 3.63) is 34.9 Å². The van der Waals surface area contributed by atoms with Crippen LogP contribution in [0.1, 0.15) is 57.9 Å². The molecule has 1 heterocycles. The highest BCUT2D eigenvalue weighted by Gasteiger charge is 2.47. The van der Waals surface area contributed by atoms with Crippen molar-refractivity contribution >= 4 is 23.4 Å². The van der Waals surface area contributed by atoms with Gasteiger partial charge in [-0.2, -0.15) is 0 Å². The monoisotopic (exact) mass is 376 g/mol. The zero-order valence-electron chi connectivity index (χ0n) is 15.8. The summed E-state index contributed by atoms with van der Waals surface area (Å²) in [5, 5.41) is 3.93. The summed E-state index contributed by atoms with van der Waals surface area (Å²) in [6, 6.07) is 7.92. The minimum Gasteiger partial charge on any atom is -0.351 e. The van der Waals surface area contributed by atoms with Crippen LogP contribution in [0.5, 0.6) is 0 Å². The number of likely N-dealkylation sites (tertiary alicyclic amines) is 1. The molecule has 2 aliphatic rings. The molecule has 0 aromatic heterocycles. The summed E-state index contributed by atoms with van der Waals surface area (Å²) in [6.07, 6.45) is 6.20. The van der Waals surface area contributed by atoms with Crippen LogP contribution in [0.15, 0.2) is 24.3 Å². The lowest BCUT2D eigenvalue weighted by Crippen LogP contribution is -2.57. The van der Waals surface area contributed by atoms with Crippen molar-refractivity contribution in [1.29, 1.82) is 0 Å². The van der Waals surface area contributed by atoms with Crippen molar-refractivity contribution in [2.75, 3.05) is 6.54 Å². The van der Waals surface area contributed by atoms with Crippen molar-refractivity contribution < 1.29 is 9.59 Å². The van der Waals surface area contributed by atoms with E-state index in [9.17, 15) is 9.59 Å². The second-order valence-corrected chi connectivity index (χ2v) is 8.56. The molecule has 1 aliphatic heterocycles. The van der Waals surface area contributed by atoms with Crippen molar-refractivity contribution in [2.24, 2.45) is 5.92 Å². The van der Waals surface area contributed by atoms with Gasteiger partial charge in [-0.05, 0) is 69.1 Å². The summed E-state index contributed by atoms with van der Waals surface area (Å²) in [5.41, 5.74) is 0.394. The van der Waals surface area contributed by atoms with Gasteiger partial charge in [0.05, 0.1) is 0 Å². The van der Waals surface area contributed by atoms with Gasteiger partial charge in [-0.25, -0.2) is 0 Å². The number of nitrogens with one attached hydrogen (secondary N) is 1. The van der Waals surface area contributed by atoms with Crippen molar-refractivity contribution in [1.82, 2.24) is 10.2 Å². The molecule has 142 valence electrons. The van der Waals surface area contributed by atoms with Gasteiger partial charge in [0.1, 0.15) is 5.54 Å². The summed E-state index contributed by atoms with van der Waals surface area (Å²) < 4.78 is 0. The Morgan fingerprint density at radius 1 is 1.23 bits per heavy atom. The van der Waals surface area contributed by atoms with E-state index in [4.69, 9.17) is 11.6 Å². The number of halogens is 1. The number of carbonyl (C=O) groups is 2. The van der Waals surface area contributed by atoms with E-state index < -0.39 is 5.54 Å². The number of nitrogens with zero attached hydrogens (tertiary/aromatic N) is 1. The van der Waals surface area contributed by atoms with E-state index in [0.29, 0.717) is 24.4 Å². The first-order valence-electron chi connectivity index (χ1n) is 9.74. The van der Waals surface area contributed by atoms with Gasteiger partial charge in [0.25, 0.3) is 0 Å². The van der Waals surface area contributed by atoms with E-state index >= 15 is 0 Å². The lowest BCUT2D eigenvalue weighted by atomic mass is 9.86. The second-order valence-electron chi connectivity index (χ2n) is 8.13. The lowest BCUT2D eigenvalue weighted by Gasteiger charge is -2.36. The maximum atomic E-state index is 13.0. The van der Waals surface area contributed by atoms with E-state index in [2.05, 4.69) is 12.2 Å². The predicted octanol–water partition coefficient (Wildman–Crippen LogP) is 3.96. The number of amides is 2. The third kappa shape index (κ3) is 4.22. The Morgan fingerprint density at radius 3 is 2.54 bits per heavy atom. The van der Waals surface area contributed by atoms with Gasteiger partial charge in [-0.1, -0.05) is 30.7 Å². The minimum absolute atomic E-state index is 0.0130. The van der Waals surface area contributed by atoms with Gasteiger partial charge in [-0.3, -0.25) is 9.59 Å². The normalized spacial score (nSPS) is 29.0. The summed E-state index contributed by atoms with van der Waals surface area (Å²) in [5.74, 6) is 0.843. The van der Waals surface area contributed by atoms with E-state index in [1.54, 1.807) is 4.90 Å². The smallest absolute Gasteiger partial charge is 0.245 e. The molecule has 0 spiro atoms. The molecule has 1 saturated carbocycles. The van der Waals surface area contributed by atoms with E-state index in [-0.39, 0.29) is 17.9 Å². The Hall–Kier alpha value is -1.55. The van der Waals surface area contributed by atoms with Crippen LogP contribution in [-0.2, 0) is 16.0 Å². The highest BCUT2D eigenvalue weighted by molar-refractivity contribution is 6.30. The molecular formula is C21H29ClN2O2. The van der Waals surface area contributed by atoms with Gasteiger partial charge in [0.15, 0.2) is 0 Å². The standard InChI is InChI=1S/C21H29ClN2O2/c1-15-3-9-18(10-4-15)23-20(26)21(2)13-11-19(25)24(21)14-12-16-5-7-17(22)8-6-16/h5-8,15,18H,3-4,9-14H2,1-2H3,(H,23,26). The highest BCUT2D eigenvalue weighted by atomic mass is 35.5. The molecule has 3 rings (SSSR count). The Balaban J connectivity index is 1.62. The largest absolute Gasteiger partial charge is 0.351 e. The van der Waals surface area contributed by atoms with Crippen LogP contribution >= 0.6 is 11.6 Å². The summed E-state index contributed by atoms with van der Waals surface area (Å²) in [6.45, 7) is 4.75. The quantitative estimate of drug-likeness (QED) is 0.845. The Labute approximate surface area is 161 Å². The third-order valence-corrected chi connectivity index (χ3v) is 6.35. The molecule has 2 fully saturated rings. The molecule has 0 bridgehead atoms. The van der Waals surface area contributed by atoms with Gasteiger partial charge >= 0.3 is 0 Å². The average Bonchev–Trinajstić information content (AvgIpc) is 2.92. The molecule has 1 saturated heterocycles. The van der Waals surface area contributed by atoms with Gasteiger partial charge < -0.3 is 10.2 Å². The zero-order valence-corrected chi connectivity index (χ0v) is 16.5. The average molecular weight is 377 g/mol. The van der Waals surface area contributed by atoms with Crippen LogP contribution in [0.4, 0.5) is 0 Å². The number of benzene rings is 1. The molecule has 1 aromatic rings. The number of hydrogen-bond donors (Lipinski definition) is 1. The summed E-state index contributed by atoms with van der Waals surface area (Å²) >= 11 is 5.93. The molecule has 1 unspecified atom stereocenters. The van der Waals surface area contributed by atoms with E-state index in [1.165, 1.54) is 12.8 Å². The fourth-order valence-corrected chi connectivity index (χ4v) is 4.27. The maximum Gasteiger partial charge on any atom is 0.245 e. The van der Waals surface area contributed by atoms with Crippen LogP contribution in [-0.4, -0.2) is 34.8 Å². The fraction of sp³-hybridized carbons (Fsp3) is 0.619. The van der Waals surface area contributed by atoms with Gasteiger partial charge in [0, 0.05) is 24.0 Å². The lowest BCUT2D eigenvalue weighted by molar-refractivity contribution is -0.141. The molecule has 0 radical (unpaired) electrons. The molecule has 1 aliphatic carbocycles. The van der Waals surface area contributed by atoms with Crippen LogP contribution in [0.25, 0.3) is 0 Å². The molecule has 4 nitrogen and oxygen atoms in total. The van der Waals surface area contributed by atoms with Crippen LogP contribution in [0.2, 0.25) is 5.02 Å². The zero-order chi connectivity index (χ0) is 18.7. The number of rotatable bonds is 5. The van der Waals surface area contributed by atoms with Gasteiger partial charge in [-0.15, -0.1) is 0 Å². The Bertz CT molecular complexity index is 652. The van der Waals surface area contributed by atoms with Crippen LogP contribution in [0, 0.1) is 5.92 Å². The number of hydrogen-bond acceptors (Lipinski definition) is 2. The molecular weight excluding hydrogens is 348 g/mol. The highest BCUT2D eigenvalue weighted by Crippen LogP contribution is 2.32. The van der Waals surface area contributed by atoms with E-state index in [0.717, 1.165) is 30.7 Å². The molecule has 26 heavy (non-hydrogen) atoms. The Morgan fingerprint density at radius 2 is 1.88 bits per heavy atom. The summed E-state index contributed by atoms with van der Waals surface area (Å²) in [4.78, 5) is 27.2. The van der Waals surface area contributed by atoms with Crippen molar-refractivity contribution in [3.8, 4) is 0 Å². The van der Waals surface area contributed by atoms with E-state index in [1.807, 2.05) is 31.2 Å². The second kappa shape index (κ2) is 7.99. The summed E-state index contributed by atoms with van der Waals surface area (Å²) in [7, 11) is 0. The molecule has 1 N–H and O–H groups in total. The third-order valence-electron chi connectivity index (χ3n) is 6.10. The van der Waals surface area contributed by atoms with Crippen LogP contribution in [0.3, 0.4) is 0 Å². The first-order chi connectivity index (χ1) is 12.4. The molecule has 5 heteroatoms. The molecule has 2 amide bonds. The SMILES string of the molecule is CC1CCC(NC(=O)C2(C)CCC(=O)N2CCc2ccc(Cl)cc2)CC1. The predicted molar refractivity (Wildman–Crippen MR) is 104 cm³/mol. The minimum atomic E-state index is -0.730. The fourth-order valence-electron chi connectivity index (χ4n) is 4.14. The maximum absolute atomic E-state index is 13.0. The molecule has 1 atom stereocenters. The van der Waals surface area contributed by atoms with Gasteiger partial charge in [0.2, 0.25) is 11.8 Å². The topological polar surface area (TPSA) is 49.4 Å². The number of carbonyl (C=O) groups excluding carboxylic acids is 2. The van der Waals surface area contributed by atoms with Crippen LogP contribution < -0.4 is 5.32 Å². The molecule has 1 aromatic carbocycles. The van der Waals surface area contributed by atoms with Crippen molar-refractivity contribution in [3.63, 3.8) is 0 Å². The first-order valence-corrected chi connectivity index (χ1v) is 10.1.